The van der Waals surface area contributed by atoms with Crippen molar-refractivity contribution in [3.63, 3.8) is 0 Å². The van der Waals surface area contributed by atoms with Crippen LogP contribution in [-0.4, -0.2) is 41.1 Å². The summed E-state index contributed by atoms with van der Waals surface area (Å²) in [5.74, 6) is -0.115. The Morgan fingerprint density at radius 1 is 1.62 bits per heavy atom. The van der Waals surface area contributed by atoms with Gasteiger partial charge in [0.15, 0.2) is 15.5 Å². The summed E-state index contributed by atoms with van der Waals surface area (Å²) in [6.07, 6.45) is 1.74. The highest BCUT2D eigenvalue weighted by Gasteiger charge is 2.29. The van der Waals surface area contributed by atoms with Crippen LogP contribution < -0.4 is 5.32 Å². The second-order valence-electron chi connectivity index (χ2n) is 3.63. The zero-order valence-electron chi connectivity index (χ0n) is 8.21. The molecule has 0 radical (unpaired) electrons. The van der Waals surface area contributed by atoms with Crippen LogP contribution in [0.4, 0.5) is 11.5 Å². The van der Waals surface area contributed by atoms with Gasteiger partial charge in [0.1, 0.15) is 6.20 Å². The number of nitrogens with zero attached hydrogens (tertiary/aromatic N) is 2. The molecule has 0 amide bonds. The van der Waals surface area contributed by atoms with Crippen molar-refractivity contribution in [3.8, 4) is 0 Å². The highest BCUT2D eigenvalue weighted by Crippen LogP contribution is 2.23. The number of aromatic amines is 1. The third-order valence-corrected chi connectivity index (χ3v) is 4.16. The lowest BCUT2D eigenvalue weighted by atomic mass is 10.2. The molecule has 1 fully saturated rings. The molecule has 1 unspecified atom stereocenters. The first kappa shape index (κ1) is 10.9. The molecule has 1 aliphatic heterocycles. The lowest BCUT2D eigenvalue weighted by Gasteiger charge is -2.09. The number of nitrogens with one attached hydrogen (secondary N) is 2. The highest BCUT2D eigenvalue weighted by atomic mass is 32.2. The normalized spacial score (nSPS) is 23.1. The predicted molar refractivity (Wildman–Crippen MR) is 55.9 cm³/mol. The molecular weight excluding hydrogens is 236 g/mol. The lowest BCUT2D eigenvalue weighted by Crippen LogP contribution is -2.20. The van der Waals surface area contributed by atoms with E-state index in [9.17, 15) is 18.5 Å². The molecule has 0 bridgehead atoms. The van der Waals surface area contributed by atoms with E-state index in [0.717, 1.165) is 0 Å². The maximum Gasteiger partial charge on any atom is 0.366 e. The molecule has 0 saturated carbocycles. The van der Waals surface area contributed by atoms with Crippen LogP contribution in [-0.2, 0) is 9.84 Å². The van der Waals surface area contributed by atoms with Gasteiger partial charge in [-0.1, -0.05) is 5.10 Å². The highest BCUT2D eigenvalue weighted by molar-refractivity contribution is 7.91. The summed E-state index contributed by atoms with van der Waals surface area (Å²) in [5.41, 5.74) is 0.229. The minimum atomic E-state index is -2.99. The van der Waals surface area contributed by atoms with Gasteiger partial charge >= 0.3 is 5.82 Å². The maximum absolute atomic E-state index is 11.2. The second kappa shape index (κ2) is 3.74. The fourth-order valence-electron chi connectivity index (χ4n) is 1.65. The van der Waals surface area contributed by atoms with Crippen molar-refractivity contribution in [2.24, 2.45) is 0 Å². The molecule has 1 aromatic heterocycles. The van der Waals surface area contributed by atoms with Crippen molar-refractivity contribution in [3.05, 3.63) is 16.3 Å². The van der Waals surface area contributed by atoms with Crippen LogP contribution in [0.25, 0.3) is 0 Å². The summed E-state index contributed by atoms with van der Waals surface area (Å²) in [4.78, 5) is 9.96. The molecule has 0 spiro atoms. The van der Waals surface area contributed by atoms with Crippen molar-refractivity contribution in [2.75, 3.05) is 16.8 Å². The van der Waals surface area contributed by atoms with E-state index in [1.165, 1.54) is 6.20 Å². The molecule has 8 nitrogen and oxygen atoms in total. The fraction of sp³-hybridized carbons (Fsp3) is 0.571. The van der Waals surface area contributed by atoms with Crippen LogP contribution in [0.1, 0.15) is 6.42 Å². The zero-order chi connectivity index (χ0) is 11.8. The third-order valence-electron chi connectivity index (χ3n) is 2.39. The van der Waals surface area contributed by atoms with Crippen LogP contribution in [0.5, 0.6) is 0 Å². The maximum atomic E-state index is 11.2. The smallest absolute Gasteiger partial charge is 0.366 e. The summed E-state index contributed by atoms with van der Waals surface area (Å²) < 4.78 is 22.4. The Hall–Kier alpha value is -1.64. The molecule has 1 aromatic rings. The molecule has 9 heteroatoms. The molecule has 0 aromatic carbocycles. The van der Waals surface area contributed by atoms with E-state index in [0.29, 0.717) is 6.42 Å². The summed E-state index contributed by atoms with van der Waals surface area (Å²) in [7, 11) is -2.99. The number of rotatable bonds is 3. The molecule has 2 heterocycles. The standard InChI is InChI=1S/C7H10N4O4S/c12-11(13)7-6(3-8-10-7)9-5-1-2-16(14,15)4-5/h3,5,9H,1-2,4H2,(H,8,10). The van der Waals surface area contributed by atoms with E-state index >= 15 is 0 Å². The van der Waals surface area contributed by atoms with E-state index in [-0.39, 0.29) is 29.1 Å². The van der Waals surface area contributed by atoms with E-state index in [1.54, 1.807) is 0 Å². The van der Waals surface area contributed by atoms with Crippen molar-refractivity contribution in [1.29, 1.82) is 0 Å². The average molecular weight is 246 g/mol. The Bertz CT molecular complexity index is 508. The number of hydrogen-bond donors (Lipinski definition) is 2. The van der Waals surface area contributed by atoms with Crippen molar-refractivity contribution in [2.45, 2.75) is 12.5 Å². The van der Waals surface area contributed by atoms with Crippen LogP contribution in [0.2, 0.25) is 0 Å². The second-order valence-corrected chi connectivity index (χ2v) is 5.86. The van der Waals surface area contributed by atoms with Crippen LogP contribution >= 0.6 is 0 Å². The summed E-state index contributed by atoms with van der Waals surface area (Å²) >= 11 is 0. The van der Waals surface area contributed by atoms with Gasteiger partial charge in [0.25, 0.3) is 0 Å². The Morgan fingerprint density at radius 3 is 2.94 bits per heavy atom. The predicted octanol–water partition coefficient (Wildman–Crippen LogP) is -0.0831. The van der Waals surface area contributed by atoms with Gasteiger partial charge in [0.05, 0.1) is 11.5 Å². The molecule has 88 valence electrons. The largest absolute Gasteiger partial charge is 0.373 e. The average Bonchev–Trinajstić information content (AvgIpc) is 2.73. The van der Waals surface area contributed by atoms with Gasteiger partial charge in [0.2, 0.25) is 0 Å². The summed E-state index contributed by atoms with van der Waals surface area (Å²) in [6, 6.07) is -0.277. The van der Waals surface area contributed by atoms with Gasteiger partial charge in [-0.05, 0) is 11.3 Å². The first-order valence-corrected chi connectivity index (χ1v) is 6.45. The number of sulfone groups is 1. The molecule has 1 atom stereocenters. The molecule has 2 rings (SSSR count). The van der Waals surface area contributed by atoms with Gasteiger partial charge in [-0.25, -0.2) is 8.42 Å². The molecule has 0 aliphatic carbocycles. The molecule has 16 heavy (non-hydrogen) atoms. The Balaban J connectivity index is 2.11. The van der Waals surface area contributed by atoms with Crippen molar-refractivity contribution in [1.82, 2.24) is 10.2 Å². The fourth-order valence-corrected chi connectivity index (χ4v) is 3.33. The van der Waals surface area contributed by atoms with Gasteiger partial charge in [0, 0.05) is 6.04 Å². The summed E-state index contributed by atoms with van der Waals surface area (Å²) in [6.45, 7) is 0. The first-order valence-electron chi connectivity index (χ1n) is 4.63. The monoisotopic (exact) mass is 246 g/mol. The van der Waals surface area contributed by atoms with Gasteiger partial charge in [-0.3, -0.25) is 0 Å². The minimum Gasteiger partial charge on any atom is -0.373 e. The SMILES string of the molecule is O=[N+]([O-])c1[nH]ncc1NC1CCS(=O)(=O)C1. The number of nitro groups is 1. The zero-order valence-corrected chi connectivity index (χ0v) is 9.03. The van der Waals surface area contributed by atoms with E-state index < -0.39 is 14.8 Å². The number of H-pyrrole nitrogens is 1. The van der Waals surface area contributed by atoms with Crippen molar-refractivity contribution >= 4 is 21.3 Å². The van der Waals surface area contributed by atoms with Gasteiger partial charge in [-0.2, -0.15) is 0 Å². The summed E-state index contributed by atoms with van der Waals surface area (Å²) in [5, 5.41) is 19.2. The molecular formula is C7H10N4O4S. The van der Waals surface area contributed by atoms with Crippen molar-refractivity contribution < 1.29 is 13.3 Å². The topological polar surface area (TPSA) is 118 Å². The van der Waals surface area contributed by atoms with Crippen LogP contribution in [0, 0.1) is 10.1 Å². The Kier molecular flexibility index (Phi) is 2.54. The minimum absolute atomic E-state index is 0.00926. The molecule has 1 saturated heterocycles. The van der Waals surface area contributed by atoms with E-state index in [2.05, 4.69) is 15.5 Å². The van der Waals surface area contributed by atoms with E-state index in [1.807, 2.05) is 0 Å². The molecule has 1 aliphatic rings. The van der Waals surface area contributed by atoms with Crippen LogP contribution in [0.15, 0.2) is 6.20 Å². The Morgan fingerprint density at radius 2 is 2.38 bits per heavy atom. The van der Waals surface area contributed by atoms with E-state index in [4.69, 9.17) is 0 Å². The number of hydrogen-bond acceptors (Lipinski definition) is 6. The van der Waals surface area contributed by atoms with Gasteiger partial charge in [-0.15, -0.1) is 5.10 Å². The van der Waals surface area contributed by atoms with Crippen LogP contribution in [0.3, 0.4) is 0 Å². The third kappa shape index (κ3) is 2.13. The quantitative estimate of drug-likeness (QED) is 0.568. The number of aromatic nitrogens is 2. The lowest BCUT2D eigenvalue weighted by molar-refractivity contribution is -0.388. The number of anilines is 1. The van der Waals surface area contributed by atoms with Gasteiger partial charge < -0.3 is 15.4 Å². The Labute approximate surface area is 91.1 Å². The first-order chi connectivity index (χ1) is 7.48. The molecule has 2 N–H and O–H groups in total.